The number of likely N-dealkylation sites (N-methyl/N-ethyl adjacent to an activating group) is 1. The lowest BCUT2D eigenvalue weighted by Crippen LogP contribution is -2.33. The molecule has 2 rings (SSSR count). The van der Waals surface area contributed by atoms with Crippen molar-refractivity contribution >= 4 is 17.8 Å². The summed E-state index contributed by atoms with van der Waals surface area (Å²) in [6, 6.07) is 7.91. The van der Waals surface area contributed by atoms with Crippen molar-refractivity contribution in [2.45, 2.75) is 52.0 Å². The first-order valence-electron chi connectivity index (χ1n) is 9.05. The topological polar surface area (TPSA) is 69.7 Å². The van der Waals surface area contributed by atoms with Gasteiger partial charge in [0.1, 0.15) is 6.54 Å². The first kappa shape index (κ1) is 19.9. The number of rotatable bonds is 6. The van der Waals surface area contributed by atoms with E-state index in [1.807, 2.05) is 19.1 Å². The largest absolute Gasteiger partial charge is 0.350 e. The molecular formula is C20H29N3O3. The monoisotopic (exact) mass is 359 g/mol. The highest BCUT2D eigenvalue weighted by Gasteiger charge is 2.32. The second kappa shape index (κ2) is 7.89. The van der Waals surface area contributed by atoms with Crippen molar-refractivity contribution in [2.24, 2.45) is 0 Å². The third kappa shape index (κ3) is 4.84. The maximum atomic E-state index is 12.1. The lowest BCUT2D eigenvalue weighted by atomic mass is 9.86. The molecule has 26 heavy (non-hydrogen) atoms. The van der Waals surface area contributed by atoms with E-state index >= 15 is 0 Å². The zero-order chi connectivity index (χ0) is 19.5. The summed E-state index contributed by atoms with van der Waals surface area (Å²) in [5.74, 6) is -0.282. The van der Waals surface area contributed by atoms with Crippen LogP contribution in [0.3, 0.4) is 0 Å². The Morgan fingerprint density at radius 3 is 2.31 bits per heavy atom. The fourth-order valence-corrected chi connectivity index (χ4v) is 2.96. The van der Waals surface area contributed by atoms with Crippen LogP contribution in [-0.2, 0) is 15.0 Å². The fourth-order valence-electron chi connectivity index (χ4n) is 2.96. The molecule has 1 aromatic rings. The predicted molar refractivity (Wildman–Crippen MR) is 101 cm³/mol. The Kier molecular flexibility index (Phi) is 6.05. The smallest absolute Gasteiger partial charge is 0.326 e. The molecule has 1 heterocycles. The molecule has 1 atom stereocenters. The maximum Gasteiger partial charge on any atom is 0.326 e. The first-order valence-corrected chi connectivity index (χ1v) is 9.05. The number of nitrogens with zero attached hydrogens (tertiary/aromatic N) is 2. The van der Waals surface area contributed by atoms with Gasteiger partial charge in [-0.25, -0.2) is 4.79 Å². The van der Waals surface area contributed by atoms with Gasteiger partial charge in [-0.15, -0.1) is 0 Å². The van der Waals surface area contributed by atoms with Crippen LogP contribution in [0.2, 0.25) is 0 Å². The van der Waals surface area contributed by atoms with E-state index in [2.05, 4.69) is 38.2 Å². The molecule has 1 N–H and O–H groups in total. The van der Waals surface area contributed by atoms with Gasteiger partial charge in [0.05, 0.1) is 6.04 Å². The van der Waals surface area contributed by atoms with Crippen molar-refractivity contribution in [3.05, 3.63) is 35.4 Å². The number of carbonyl (C=O) groups is 3. The van der Waals surface area contributed by atoms with Crippen LogP contribution in [0, 0.1) is 0 Å². The van der Waals surface area contributed by atoms with Crippen molar-refractivity contribution in [1.29, 1.82) is 0 Å². The Bertz CT molecular complexity index is 677. The number of carbonyl (C=O) groups excluding carboxylic acids is 3. The van der Waals surface area contributed by atoms with E-state index in [0.717, 1.165) is 5.56 Å². The molecule has 1 unspecified atom stereocenters. The highest BCUT2D eigenvalue weighted by Crippen LogP contribution is 2.24. The van der Waals surface area contributed by atoms with Gasteiger partial charge in [-0.2, -0.15) is 0 Å². The van der Waals surface area contributed by atoms with E-state index in [4.69, 9.17) is 0 Å². The molecule has 1 fully saturated rings. The van der Waals surface area contributed by atoms with Crippen LogP contribution in [-0.4, -0.2) is 47.8 Å². The van der Waals surface area contributed by atoms with E-state index < -0.39 is 0 Å². The summed E-state index contributed by atoms with van der Waals surface area (Å²) in [6.07, 6.45) is 0.748. The summed E-state index contributed by atoms with van der Waals surface area (Å²) in [5.41, 5.74) is 2.41. The Morgan fingerprint density at radius 1 is 1.19 bits per heavy atom. The molecule has 142 valence electrons. The molecule has 1 aliphatic heterocycles. The average Bonchev–Trinajstić information content (AvgIpc) is 2.80. The normalized spacial score (nSPS) is 16.2. The molecular weight excluding hydrogens is 330 g/mol. The van der Waals surface area contributed by atoms with Gasteiger partial charge < -0.3 is 10.2 Å². The molecule has 6 nitrogen and oxygen atoms in total. The molecule has 6 heteroatoms. The lowest BCUT2D eigenvalue weighted by molar-refractivity contribution is -0.126. The summed E-state index contributed by atoms with van der Waals surface area (Å²) in [5, 5.41) is 2.97. The highest BCUT2D eigenvalue weighted by atomic mass is 16.2. The van der Waals surface area contributed by atoms with Crippen molar-refractivity contribution in [2.75, 3.05) is 20.1 Å². The third-order valence-electron chi connectivity index (χ3n) is 4.67. The molecule has 4 amide bonds. The Labute approximate surface area is 155 Å². The minimum atomic E-state index is -0.289. The average molecular weight is 359 g/mol. The molecule has 0 spiro atoms. The van der Waals surface area contributed by atoms with Crippen molar-refractivity contribution < 1.29 is 14.4 Å². The molecule has 0 aromatic heterocycles. The van der Waals surface area contributed by atoms with Gasteiger partial charge in [0.15, 0.2) is 0 Å². The van der Waals surface area contributed by atoms with Gasteiger partial charge in [0, 0.05) is 20.0 Å². The number of hydrogen-bond donors (Lipinski definition) is 1. The van der Waals surface area contributed by atoms with Gasteiger partial charge in [-0.3, -0.25) is 14.5 Å². The van der Waals surface area contributed by atoms with Crippen LogP contribution < -0.4 is 5.32 Å². The van der Waals surface area contributed by atoms with Crippen molar-refractivity contribution in [3.8, 4) is 0 Å². The van der Waals surface area contributed by atoms with Crippen molar-refractivity contribution in [1.82, 2.24) is 15.1 Å². The second-order valence-electron chi connectivity index (χ2n) is 7.95. The molecule has 1 aromatic carbocycles. The number of nitrogens with one attached hydrogen (secondary N) is 1. The number of hydrogen-bond acceptors (Lipinski definition) is 3. The zero-order valence-electron chi connectivity index (χ0n) is 16.3. The first-order chi connectivity index (χ1) is 12.1. The van der Waals surface area contributed by atoms with Gasteiger partial charge >= 0.3 is 6.03 Å². The van der Waals surface area contributed by atoms with Crippen LogP contribution in [0.5, 0.6) is 0 Å². The summed E-state index contributed by atoms with van der Waals surface area (Å²) < 4.78 is 0. The lowest BCUT2D eigenvalue weighted by Gasteiger charge is -2.21. The van der Waals surface area contributed by atoms with E-state index in [1.54, 1.807) is 7.05 Å². The van der Waals surface area contributed by atoms with Crippen molar-refractivity contribution in [3.63, 3.8) is 0 Å². The minimum Gasteiger partial charge on any atom is -0.350 e. The molecule has 0 bridgehead atoms. The van der Waals surface area contributed by atoms with E-state index in [9.17, 15) is 14.4 Å². The summed E-state index contributed by atoms with van der Waals surface area (Å²) in [7, 11) is 1.60. The van der Waals surface area contributed by atoms with Crippen LogP contribution in [0.15, 0.2) is 24.3 Å². The number of imide groups is 1. The van der Waals surface area contributed by atoms with Crippen LogP contribution >= 0.6 is 0 Å². The number of benzene rings is 1. The van der Waals surface area contributed by atoms with Crippen LogP contribution in [0.25, 0.3) is 0 Å². The Balaban J connectivity index is 1.80. The van der Waals surface area contributed by atoms with E-state index in [-0.39, 0.29) is 48.8 Å². The molecule has 0 radical (unpaired) electrons. The third-order valence-corrected chi connectivity index (χ3v) is 4.67. The summed E-state index contributed by atoms with van der Waals surface area (Å²) in [6.45, 7) is 8.85. The molecule has 1 saturated heterocycles. The minimum absolute atomic E-state index is 0.0788. The second-order valence-corrected chi connectivity index (χ2v) is 7.95. The SMILES string of the molecule is CC(NC(=O)CCCN1C(=O)CN(C)C1=O)c1ccc(C(C)(C)C)cc1. The van der Waals surface area contributed by atoms with Crippen LogP contribution in [0.4, 0.5) is 4.79 Å². The standard InChI is InChI=1S/C20H29N3O3/c1-14(15-8-10-16(11-9-15)20(2,3)4)21-17(24)7-6-12-23-18(25)13-22(5)19(23)26/h8-11,14H,6-7,12-13H2,1-5H3,(H,21,24). The quantitative estimate of drug-likeness (QED) is 0.794. The molecule has 0 saturated carbocycles. The highest BCUT2D eigenvalue weighted by molar-refractivity contribution is 6.01. The zero-order valence-corrected chi connectivity index (χ0v) is 16.3. The predicted octanol–water partition coefficient (Wildman–Crippen LogP) is 2.84. The van der Waals surface area contributed by atoms with Gasteiger partial charge in [-0.05, 0) is 29.9 Å². The Hall–Kier alpha value is -2.37. The van der Waals surface area contributed by atoms with Gasteiger partial charge in [-0.1, -0.05) is 45.0 Å². The summed E-state index contributed by atoms with van der Waals surface area (Å²) >= 11 is 0. The van der Waals surface area contributed by atoms with E-state index in [0.29, 0.717) is 6.42 Å². The van der Waals surface area contributed by atoms with Gasteiger partial charge in [0.2, 0.25) is 11.8 Å². The van der Waals surface area contributed by atoms with E-state index in [1.165, 1.54) is 15.4 Å². The maximum absolute atomic E-state index is 12.1. The number of amides is 4. The fraction of sp³-hybridized carbons (Fsp3) is 0.550. The Morgan fingerprint density at radius 2 is 1.81 bits per heavy atom. The van der Waals surface area contributed by atoms with Gasteiger partial charge in [0.25, 0.3) is 0 Å². The van der Waals surface area contributed by atoms with Crippen LogP contribution in [0.1, 0.15) is 57.7 Å². The molecule has 0 aliphatic carbocycles. The summed E-state index contributed by atoms with van der Waals surface area (Å²) in [4.78, 5) is 38.2. The molecule has 1 aliphatic rings. The number of urea groups is 1.